The summed E-state index contributed by atoms with van der Waals surface area (Å²) >= 11 is 6.11. The molecule has 26 heavy (non-hydrogen) atoms. The lowest BCUT2D eigenvalue weighted by Crippen LogP contribution is -2.44. The Kier molecular flexibility index (Phi) is 6.23. The van der Waals surface area contributed by atoms with Gasteiger partial charge in [-0.15, -0.1) is 0 Å². The first kappa shape index (κ1) is 18.4. The van der Waals surface area contributed by atoms with Crippen LogP contribution < -0.4 is 15.5 Å². The van der Waals surface area contributed by atoms with Gasteiger partial charge in [-0.2, -0.15) is 0 Å². The summed E-state index contributed by atoms with van der Waals surface area (Å²) in [5.41, 5.74) is 2.22. The highest BCUT2D eigenvalue weighted by Crippen LogP contribution is 2.23. The van der Waals surface area contributed by atoms with Crippen LogP contribution in [0.1, 0.15) is 18.9 Å². The summed E-state index contributed by atoms with van der Waals surface area (Å²) in [6, 6.07) is 15.5. The number of aliphatic imine (C=N–C) groups is 1. The highest BCUT2D eigenvalue weighted by Gasteiger charge is 2.23. The smallest absolute Gasteiger partial charge is 0.191 e. The molecule has 1 fully saturated rings. The van der Waals surface area contributed by atoms with E-state index in [1.807, 2.05) is 30.3 Å². The van der Waals surface area contributed by atoms with E-state index >= 15 is 0 Å². The first-order valence-corrected chi connectivity index (χ1v) is 9.35. The lowest BCUT2D eigenvalue weighted by atomic mass is 10.2. The Morgan fingerprint density at radius 1 is 1.27 bits per heavy atom. The van der Waals surface area contributed by atoms with E-state index in [2.05, 4.69) is 33.5 Å². The zero-order chi connectivity index (χ0) is 18.4. The van der Waals surface area contributed by atoms with E-state index in [0.717, 1.165) is 48.3 Å². The van der Waals surface area contributed by atoms with Crippen LogP contribution >= 0.6 is 11.6 Å². The third-order valence-electron chi connectivity index (χ3n) is 4.40. The molecule has 0 spiro atoms. The molecule has 2 aromatic carbocycles. The molecule has 2 aromatic rings. The Morgan fingerprint density at radius 3 is 2.81 bits per heavy atom. The van der Waals surface area contributed by atoms with Crippen LogP contribution in [0.5, 0.6) is 5.75 Å². The first-order chi connectivity index (χ1) is 12.6. The number of hydrogen-bond acceptors (Lipinski definition) is 3. The van der Waals surface area contributed by atoms with Gasteiger partial charge in [-0.1, -0.05) is 29.8 Å². The maximum atomic E-state index is 9.37. The Balaban J connectivity index is 1.59. The van der Waals surface area contributed by atoms with Gasteiger partial charge >= 0.3 is 0 Å². The van der Waals surface area contributed by atoms with Gasteiger partial charge in [0.2, 0.25) is 0 Å². The van der Waals surface area contributed by atoms with Crippen molar-refractivity contribution in [2.24, 2.45) is 4.99 Å². The fourth-order valence-corrected chi connectivity index (χ4v) is 3.26. The number of anilines is 1. The second kappa shape index (κ2) is 8.81. The van der Waals surface area contributed by atoms with Crippen LogP contribution in [0.2, 0.25) is 5.02 Å². The highest BCUT2D eigenvalue weighted by molar-refractivity contribution is 6.30. The van der Waals surface area contributed by atoms with Crippen LogP contribution in [0.3, 0.4) is 0 Å². The molecule has 1 unspecified atom stereocenters. The van der Waals surface area contributed by atoms with Gasteiger partial charge in [0, 0.05) is 36.4 Å². The number of aromatic hydroxyl groups is 1. The molecule has 0 saturated carbocycles. The quantitative estimate of drug-likeness (QED) is 0.556. The van der Waals surface area contributed by atoms with Crippen LogP contribution in [0.4, 0.5) is 5.69 Å². The lowest BCUT2D eigenvalue weighted by Gasteiger charge is -2.20. The second-order valence-corrected chi connectivity index (χ2v) is 6.85. The summed E-state index contributed by atoms with van der Waals surface area (Å²) in [6.45, 7) is 5.36. The largest absolute Gasteiger partial charge is 0.508 e. The molecular formula is C20H25ClN4O. The van der Waals surface area contributed by atoms with Crippen LogP contribution in [0.15, 0.2) is 53.5 Å². The van der Waals surface area contributed by atoms with E-state index in [9.17, 15) is 5.11 Å². The molecule has 0 radical (unpaired) electrons. The highest BCUT2D eigenvalue weighted by atomic mass is 35.5. The van der Waals surface area contributed by atoms with E-state index in [1.54, 1.807) is 12.1 Å². The molecule has 1 aliphatic heterocycles. The van der Waals surface area contributed by atoms with Crippen molar-refractivity contribution in [3.8, 4) is 5.75 Å². The van der Waals surface area contributed by atoms with E-state index in [-0.39, 0.29) is 5.75 Å². The van der Waals surface area contributed by atoms with Gasteiger partial charge in [0.15, 0.2) is 5.96 Å². The molecule has 1 atom stereocenters. The minimum Gasteiger partial charge on any atom is -0.508 e. The summed E-state index contributed by atoms with van der Waals surface area (Å²) in [7, 11) is 0. The summed E-state index contributed by atoms with van der Waals surface area (Å²) in [6.07, 6.45) is 1.05. The standard InChI is InChI=1S/C20H25ClN4O/c1-2-22-20(23-13-15-6-8-19(26)9-7-15)24-17-10-11-25(14-17)18-5-3-4-16(21)12-18/h3-9,12,17,26H,2,10-11,13-14H2,1H3,(H2,22,23,24). The molecule has 3 rings (SSSR count). The monoisotopic (exact) mass is 372 g/mol. The van der Waals surface area contributed by atoms with Gasteiger partial charge in [0.05, 0.1) is 6.54 Å². The van der Waals surface area contributed by atoms with Crippen LogP contribution in [-0.2, 0) is 6.54 Å². The van der Waals surface area contributed by atoms with Gasteiger partial charge in [0.25, 0.3) is 0 Å². The summed E-state index contributed by atoms with van der Waals surface area (Å²) in [5.74, 6) is 1.09. The third-order valence-corrected chi connectivity index (χ3v) is 4.64. The number of hydrogen-bond donors (Lipinski definition) is 3. The van der Waals surface area contributed by atoms with Gasteiger partial charge in [-0.05, 0) is 49.2 Å². The van der Waals surface area contributed by atoms with Crippen LogP contribution in [0, 0.1) is 0 Å². The molecule has 0 aliphatic carbocycles. The van der Waals surface area contributed by atoms with Gasteiger partial charge in [-0.25, -0.2) is 4.99 Å². The fourth-order valence-electron chi connectivity index (χ4n) is 3.07. The van der Waals surface area contributed by atoms with E-state index in [4.69, 9.17) is 11.6 Å². The van der Waals surface area contributed by atoms with E-state index < -0.39 is 0 Å². The van der Waals surface area contributed by atoms with Crippen molar-refractivity contribution in [1.82, 2.24) is 10.6 Å². The van der Waals surface area contributed by atoms with Gasteiger partial charge in [-0.3, -0.25) is 0 Å². The zero-order valence-corrected chi connectivity index (χ0v) is 15.7. The topological polar surface area (TPSA) is 59.9 Å². The molecule has 1 heterocycles. The van der Waals surface area contributed by atoms with Gasteiger partial charge in [0.1, 0.15) is 5.75 Å². The number of phenols is 1. The molecule has 0 bridgehead atoms. The number of rotatable bonds is 5. The maximum absolute atomic E-state index is 9.37. The van der Waals surface area contributed by atoms with E-state index in [0.29, 0.717) is 12.6 Å². The molecule has 5 nitrogen and oxygen atoms in total. The number of nitrogens with zero attached hydrogens (tertiary/aromatic N) is 2. The average molecular weight is 373 g/mol. The third kappa shape index (κ3) is 5.05. The Hall–Kier alpha value is -2.40. The van der Waals surface area contributed by atoms with Gasteiger partial charge < -0.3 is 20.6 Å². The minimum absolute atomic E-state index is 0.273. The van der Waals surface area contributed by atoms with Crippen LogP contribution in [0.25, 0.3) is 0 Å². The van der Waals surface area contributed by atoms with E-state index in [1.165, 1.54) is 0 Å². The zero-order valence-electron chi connectivity index (χ0n) is 15.0. The van der Waals surface area contributed by atoms with Crippen molar-refractivity contribution in [3.05, 3.63) is 59.1 Å². The van der Waals surface area contributed by atoms with Crippen molar-refractivity contribution in [1.29, 1.82) is 0 Å². The SMILES string of the molecule is CCNC(=NCc1ccc(O)cc1)NC1CCN(c2cccc(Cl)c2)C1. The maximum Gasteiger partial charge on any atom is 0.191 e. The first-order valence-electron chi connectivity index (χ1n) is 8.97. The summed E-state index contributed by atoms with van der Waals surface area (Å²) in [4.78, 5) is 7.00. The molecule has 138 valence electrons. The normalized spacial score (nSPS) is 17.4. The molecule has 0 aromatic heterocycles. The lowest BCUT2D eigenvalue weighted by molar-refractivity contribution is 0.475. The van der Waals surface area contributed by atoms with Crippen molar-refractivity contribution >= 4 is 23.2 Å². The Morgan fingerprint density at radius 2 is 2.08 bits per heavy atom. The summed E-state index contributed by atoms with van der Waals surface area (Å²) in [5, 5.41) is 17.0. The summed E-state index contributed by atoms with van der Waals surface area (Å²) < 4.78 is 0. The Bertz CT molecular complexity index is 748. The number of nitrogens with one attached hydrogen (secondary N) is 2. The van der Waals surface area contributed by atoms with Crippen LogP contribution in [-0.4, -0.2) is 36.7 Å². The average Bonchev–Trinajstić information content (AvgIpc) is 3.10. The van der Waals surface area contributed by atoms with Crippen molar-refractivity contribution in [2.45, 2.75) is 25.9 Å². The number of guanidine groups is 1. The van der Waals surface area contributed by atoms with Crippen molar-refractivity contribution < 1.29 is 5.11 Å². The number of phenolic OH excluding ortho intramolecular Hbond substituents is 1. The fraction of sp³-hybridized carbons (Fsp3) is 0.350. The number of benzene rings is 2. The second-order valence-electron chi connectivity index (χ2n) is 6.42. The predicted molar refractivity (Wildman–Crippen MR) is 108 cm³/mol. The molecule has 1 saturated heterocycles. The van der Waals surface area contributed by atoms with Crippen molar-refractivity contribution in [2.75, 3.05) is 24.5 Å². The Labute approximate surface area is 159 Å². The molecule has 3 N–H and O–H groups in total. The minimum atomic E-state index is 0.273. The molecule has 0 amide bonds. The molecule has 1 aliphatic rings. The number of halogens is 1. The molecular weight excluding hydrogens is 348 g/mol. The predicted octanol–water partition coefficient (Wildman–Crippen LogP) is 3.38. The molecule has 6 heteroatoms. The van der Waals surface area contributed by atoms with Crippen molar-refractivity contribution in [3.63, 3.8) is 0 Å².